The molecular formula is C16H19FN2O2. The van der Waals surface area contributed by atoms with E-state index in [1.54, 1.807) is 6.20 Å². The third-order valence-corrected chi connectivity index (χ3v) is 3.92. The average molecular weight is 290 g/mol. The lowest BCUT2D eigenvalue weighted by Gasteiger charge is -2.19. The number of aromatic nitrogens is 1. The molecule has 2 heterocycles. The zero-order valence-electron chi connectivity index (χ0n) is 12.0. The number of aliphatic hydroxyl groups is 1. The van der Waals surface area contributed by atoms with Gasteiger partial charge in [0.1, 0.15) is 6.17 Å². The number of hydrogen-bond donors (Lipinski definition) is 1. The lowest BCUT2D eigenvalue weighted by atomic mass is 10.1. The van der Waals surface area contributed by atoms with E-state index in [1.165, 1.54) is 5.56 Å². The topological polar surface area (TPSA) is 49.5 Å². The molecule has 0 bridgehead atoms. The van der Waals surface area contributed by atoms with E-state index in [2.05, 4.69) is 4.98 Å². The van der Waals surface area contributed by atoms with Gasteiger partial charge in [-0.1, -0.05) is 29.8 Å². The summed E-state index contributed by atoms with van der Waals surface area (Å²) in [5, 5.41) is 9.28. The molecule has 0 saturated carbocycles. The highest BCUT2D eigenvalue weighted by molar-refractivity contribution is 5.56. The van der Waals surface area contributed by atoms with Crippen molar-refractivity contribution in [1.29, 1.82) is 0 Å². The zero-order chi connectivity index (χ0) is 14.8. The minimum Gasteiger partial charge on any atom is -0.439 e. The molecule has 1 aliphatic rings. The molecule has 1 aliphatic heterocycles. The summed E-state index contributed by atoms with van der Waals surface area (Å²) in [4.78, 5) is 6.14. The number of halogens is 1. The lowest BCUT2D eigenvalue weighted by Crippen LogP contribution is -2.31. The number of oxazole rings is 1. The van der Waals surface area contributed by atoms with Crippen LogP contribution in [0.2, 0.25) is 0 Å². The number of hydrogen-bond acceptors (Lipinski definition) is 4. The van der Waals surface area contributed by atoms with Crippen molar-refractivity contribution in [1.82, 2.24) is 9.88 Å². The first-order valence-corrected chi connectivity index (χ1v) is 7.16. The Morgan fingerprint density at radius 1 is 1.38 bits per heavy atom. The Morgan fingerprint density at radius 2 is 2.14 bits per heavy atom. The maximum Gasteiger partial charge on any atom is 0.209 e. The molecule has 3 rings (SSSR count). The molecule has 1 aromatic heterocycles. The van der Waals surface area contributed by atoms with Crippen LogP contribution in [0.5, 0.6) is 0 Å². The number of benzene rings is 1. The molecule has 0 amide bonds. The molecule has 0 aliphatic carbocycles. The molecule has 112 valence electrons. The summed E-state index contributed by atoms with van der Waals surface area (Å²) in [7, 11) is 0. The second-order valence-corrected chi connectivity index (χ2v) is 5.58. The van der Waals surface area contributed by atoms with Gasteiger partial charge in [-0.05, 0) is 13.3 Å². The summed E-state index contributed by atoms with van der Waals surface area (Å²) in [6.45, 7) is 2.75. The van der Waals surface area contributed by atoms with E-state index in [4.69, 9.17) is 4.42 Å². The highest BCUT2D eigenvalue weighted by Gasteiger charge is 2.32. The molecule has 2 aromatic rings. The summed E-state index contributed by atoms with van der Waals surface area (Å²) in [6, 6.07) is 7.88. The Balaban J connectivity index is 1.72. The van der Waals surface area contributed by atoms with Crippen LogP contribution in [0.1, 0.15) is 17.9 Å². The third kappa shape index (κ3) is 3.14. The van der Waals surface area contributed by atoms with Gasteiger partial charge in [0.05, 0.1) is 19.3 Å². The highest BCUT2D eigenvalue weighted by Crippen LogP contribution is 2.25. The van der Waals surface area contributed by atoms with E-state index in [0.29, 0.717) is 31.2 Å². The van der Waals surface area contributed by atoms with Crippen molar-refractivity contribution in [2.75, 3.05) is 13.2 Å². The average Bonchev–Trinajstić information content (AvgIpc) is 3.07. The minimum absolute atomic E-state index is 0.0358. The van der Waals surface area contributed by atoms with Gasteiger partial charge in [0.25, 0.3) is 0 Å². The van der Waals surface area contributed by atoms with Crippen molar-refractivity contribution in [3.05, 3.63) is 41.9 Å². The number of alkyl halides is 1. The molecule has 1 fully saturated rings. The van der Waals surface area contributed by atoms with E-state index in [1.807, 2.05) is 36.1 Å². The predicted octanol–water partition coefficient (Wildman–Crippen LogP) is 2.55. The second-order valence-electron chi connectivity index (χ2n) is 5.58. The summed E-state index contributed by atoms with van der Waals surface area (Å²) in [5.41, 5.74) is 2.16. The molecule has 0 unspecified atom stereocenters. The van der Waals surface area contributed by atoms with Crippen molar-refractivity contribution in [3.63, 3.8) is 0 Å². The standard InChI is InChI=1S/C16H19FN2O2/c1-11-2-4-12(5-3-11)15-7-18-16(21-15)9-19-8-13(17)6-14(19)10-20/h2-5,7,13-14,20H,6,8-10H2,1H3/t13-,14-/m0/s1. The zero-order valence-corrected chi connectivity index (χ0v) is 12.0. The first kappa shape index (κ1) is 14.2. The lowest BCUT2D eigenvalue weighted by molar-refractivity contribution is 0.144. The number of rotatable bonds is 4. The van der Waals surface area contributed by atoms with Crippen LogP contribution in [0.25, 0.3) is 11.3 Å². The SMILES string of the molecule is Cc1ccc(-c2cnc(CN3C[C@@H](F)C[C@H]3CO)o2)cc1. The van der Waals surface area contributed by atoms with E-state index in [-0.39, 0.29) is 12.6 Å². The molecule has 4 nitrogen and oxygen atoms in total. The van der Waals surface area contributed by atoms with Crippen LogP contribution in [0.3, 0.4) is 0 Å². The van der Waals surface area contributed by atoms with E-state index in [9.17, 15) is 9.50 Å². The number of likely N-dealkylation sites (tertiary alicyclic amines) is 1. The van der Waals surface area contributed by atoms with E-state index < -0.39 is 6.17 Å². The van der Waals surface area contributed by atoms with Crippen LogP contribution in [0, 0.1) is 6.92 Å². The Hall–Kier alpha value is -1.72. The predicted molar refractivity (Wildman–Crippen MR) is 77.5 cm³/mol. The highest BCUT2D eigenvalue weighted by atomic mass is 19.1. The fourth-order valence-electron chi connectivity index (χ4n) is 2.71. The first-order valence-electron chi connectivity index (χ1n) is 7.16. The van der Waals surface area contributed by atoms with Gasteiger partial charge in [-0.15, -0.1) is 0 Å². The summed E-state index contributed by atoms with van der Waals surface area (Å²) >= 11 is 0. The number of aryl methyl sites for hydroxylation is 1. The minimum atomic E-state index is -0.881. The molecule has 0 radical (unpaired) electrons. The van der Waals surface area contributed by atoms with Crippen molar-refractivity contribution < 1.29 is 13.9 Å². The van der Waals surface area contributed by atoms with Crippen LogP contribution in [0.15, 0.2) is 34.9 Å². The van der Waals surface area contributed by atoms with Gasteiger partial charge in [-0.2, -0.15) is 0 Å². The van der Waals surface area contributed by atoms with Crippen LogP contribution >= 0.6 is 0 Å². The van der Waals surface area contributed by atoms with Gasteiger partial charge in [0.2, 0.25) is 5.89 Å². The van der Waals surface area contributed by atoms with E-state index >= 15 is 0 Å². The molecule has 5 heteroatoms. The van der Waals surface area contributed by atoms with Crippen LogP contribution in [-0.4, -0.2) is 40.4 Å². The quantitative estimate of drug-likeness (QED) is 0.940. The second kappa shape index (κ2) is 5.95. The number of nitrogens with zero attached hydrogens (tertiary/aromatic N) is 2. The Bertz CT molecular complexity index is 597. The van der Waals surface area contributed by atoms with Gasteiger partial charge >= 0.3 is 0 Å². The summed E-state index contributed by atoms with van der Waals surface area (Å²) < 4.78 is 19.2. The number of aliphatic hydroxyl groups excluding tert-OH is 1. The largest absolute Gasteiger partial charge is 0.439 e. The fraction of sp³-hybridized carbons (Fsp3) is 0.438. The van der Waals surface area contributed by atoms with Gasteiger partial charge in [-0.3, -0.25) is 4.90 Å². The van der Waals surface area contributed by atoms with Crippen LogP contribution in [-0.2, 0) is 6.54 Å². The summed E-state index contributed by atoms with van der Waals surface area (Å²) in [6.07, 6.45) is 1.19. The molecular weight excluding hydrogens is 271 g/mol. The van der Waals surface area contributed by atoms with E-state index in [0.717, 1.165) is 5.56 Å². The van der Waals surface area contributed by atoms with Gasteiger partial charge in [0.15, 0.2) is 5.76 Å². The first-order chi connectivity index (χ1) is 10.2. The van der Waals surface area contributed by atoms with Crippen molar-refractivity contribution in [2.45, 2.75) is 32.1 Å². The maximum absolute atomic E-state index is 13.4. The molecule has 21 heavy (non-hydrogen) atoms. The molecule has 2 atom stereocenters. The molecule has 0 spiro atoms. The third-order valence-electron chi connectivity index (χ3n) is 3.92. The fourth-order valence-corrected chi connectivity index (χ4v) is 2.71. The van der Waals surface area contributed by atoms with Crippen molar-refractivity contribution in [3.8, 4) is 11.3 Å². The maximum atomic E-state index is 13.4. The monoisotopic (exact) mass is 290 g/mol. The van der Waals surface area contributed by atoms with Crippen LogP contribution in [0.4, 0.5) is 4.39 Å². The molecule has 1 aromatic carbocycles. The Morgan fingerprint density at radius 3 is 2.86 bits per heavy atom. The summed E-state index contributed by atoms with van der Waals surface area (Å²) in [5.74, 6) is 1.26. The molecule has 1 saturated heterocycles. The Labute approximate surface area is 123 Å². The van der Waals surface area contributed by atoms with Gasteiger partial charge in [0, 0.05) is 18.2 Å². The molecule has 1 N–H and O–H groups in total. The normalized spacial score (nSPS) is 22.8. The smallest absolute Gasteiger partial charge is 0.209 e. The van der Waals surface area contributed by atoms with Crippen molar-refractivity contribution in [2.24, 2.45) is 0 Å². The Kier molecular flexibility index (Phi) is 4.03. The van der Waals surface area contributed by atoms with Gasteiger partial charge < -0.3 is 9.52 Å². The van der Waals surface area contributed by atoms with Gasteiger partial charge in [-0.25, -0.2) is 9.37 Å². The van der Waals surface area contributed by atoms with Crippen LogP contribution < -0.4 is 0 Å². The van der Waals surface area contributed by atoms with Crippen molar-refractivity contribution >= 4 is 0 Å².